The van der Waals surface area contributed by atoms with Gasteiger partial charge in [0.05, 0.1) is 0 Å². The Labute approximate surface area is 117 Å². The Morgan fingerprint density at radius 3 is 2.05 bits per heavy atom. The SMILES string of the molecule is Cc1cccc(C)c1NC(=O)C1([P+](C)(C)C)CCC1. The molecular weight excluding hydrogens is 253 g/mol. The quantitative estimate of drug-likeness (QED) is 0.830. The highest BCUT2D eigenvalue weighted by Crippen LogP contribution is 2.68. The van der Waals surface area contributed by atoms with Gasteiger partial charge < -0.3 is 5.32 Å². The second kappa shape index (κ2) is 4.90. The lowest BCUT2D eigenvalue weighted by Crippen LogP contribution is -2.49. The number of carbonyl (C=O) groups excluding carboxylic acids is 1. The van der Waals surface area contributed by atoms with Gasteiger partial charge in [-0.3, -0.25) is 4.79 Å². The Balaban J connectivity index is 2.27. The number of rotatable bonds is 3. The zero-order valence-corrected chi connectivity index (χ0v) is 13.6. The van der Waals surface area contributed by atoms with Crippen LogP contribution in [0.25, 0.3) is 0 Å². The maximum atomic E-state index is 12.8. The molecule has 19 heavy (non-hydrogen) atoms. The molecule has 1 saturated carbocycles. The highest BCUT2D eigenvalue weighted by Gasteiger charge is 2.58. The topological polar surface area (TPSA) is 29.1 Å². The van der Waals surface area contributed by atoms with Crippen molar-refractivity contribution in [3.8, 4) is 0 Å². The van der Waals surface area contributed by atoms with Crippen LogP contribution in [0.5, 0.6) is 0 Å². The minimum Gasteiger partial charge on any atom is -0.322 e. The van der Waals surface area contributed by atoms with Crippen LogP contribution in [0, 0.1) is 13.8 Å². The van der Waals surface area contributed by atoms with Crippen LogP contribution < -0.4 is 5.32 Å². The highest BCUT2D eigenvalue weighted by molar-refractivity contribution is 7.76. The summed E-state index contributed by atoms with van der Waals surface area (Å²) in [5.74, 6) is 0.247. The van der Waals surface area contributed by atoms with Crippen LogP contribution in [-0.2, 0) is 4.79 Å². The van der Waals surface area contributed by atoms with Crippen molar-refractivity contribution in [3.63, 3.8) is 0 Å². The fourth-order valence-corrected chi connectivity index (χ4v) is 5.28. The van der Waals surface area contributed by atoms with Crippen molar-refractivity contribution in [1.29, 1.82) is 0 Å². The van der Waals surface area contributed by atoms with E-state index in [0.717, 1.165) is 29.7 Å². The van der Waals surface area contributed by atoms with Gasteiger partial charge in [0.1, 0.15) is 0 Å². The van der Waals surface area contributed by atoms with Crippen molar-refractivity contribution >= 4 is 18.9 Å². The molecule has 0 spiro atoms. The summed E-state index contributed by atoms with van der Waals surface area (Å²) in [5.41, 5.74) is 3.30. The van der Waals surface area contributed by atoms with Gasteiger partial charge in [0.25, 0.3) is 5.91 Å². The molecule has 0 aliphatic heterocycles. The van der Waals surface area contributed by atoms with E-state index in [-0.39, 0.29) is 11.1 Å². The second-order valence-corrected chi connectivity index (χ2v) is 11.5. The highest BCUT2D eigenvalue weighted by atomic mass is 31.2. The number of hydrogen-bond donors (Lipinski definition) is 1. The van der Waals surface area contributed by atoms with Crippen molar-refractivity contribution < 1.29 is 4.79 Å². The van der Waals surface area contributed by atoms with Crippen LogP contribution in [0.2, 0.25) is 0 Å². The Kier molecular flexibility index (Phi) is 3.75. The Bertz CT molecular complexity index is 478. The van der Waals surface area contributed by atoms with E-state index in [9.17, 15) is 4.79 Å². The van der Waals surface area contributed by atoms with Crippen LogP contribution >= 0.6 is 7.26 Å². The molecule has 1 amide bonds. The van der Waals surface area contributed by atoms with Gasteiger partial charge in [0, 0.05) is 32.9 Å². The molecule has 1 aromatic carbocycles. The smallest absolute Gasteiger partial charge is 0.268 e. The summed E-state index contributed by atoms with van der Waals surface area (Å²) in [5, 5.41) is 3.14. The third-order valence-electron chi connectivity index (χ3n) is 4.61. The molecule has 1 aromatic rings. The molecule has 2 rings (SSSR count). The van der Waals surface area contributed by atoms with Crippen LogP contribution in [-0.4, -0.2) is 31.1 Å². The fraction of sp³-hybridized carbons (Fsp3) is 0.562. The van der Waals surface area contributed by atoms with Gasteiger partial charge >= 0.3 is 0 Å². The Hall–Kier alpha value is -0.880. The molecule has 1 aliphatic carbocycles. The molecule has 1 N–H and O–H groups in total. The number of benzene rings is 1. The summed E-state index contributed by atoms with van der Waals surface area (Å²) in [4.78, 5) is 12.8. The van der Waals surface area contributed by atoms with E-state index in [0.29, 0.717) is 0 Å². The summed E-state index contributed by atoms with van der Waals surface area (Å²) in [6.45, 7) is 11.0. The lowest BCUT2D eigenvalue weighted by atomic mass is 9.83. The maximum absolute atomic E-state index is 12.8. The van der Waals surface area contributed by atoms with Gasteiger partial charge in [-0.2, -0.15) is 0 Å². The van der Waals surface area contributed by atoms with Gasteiger partial charge in [0.2, 0.25) is 0 Å². The first-order valence-electron chi connectivity index (χ1n) is 6.97. The molecule has 0 atom stereocenters. The first kappa shape index (κ1) is 14.5. The minimum absolute atomic E-state index is 0.0816. The molecule has 0 heterocycles. The summed E-state index contributed by atoms with van der Waals surface area (Å²) >= 11 is 0. The number of nitrogens with one attached hydrogen (secondary N) is 1. The number of para-hydroxylation sites is 1. The number of aryl methyl sites for hydroxylation is 2. The van der Waals surface area contributed by atoms with Crippen LogP contribution in [0.1, 0.15) is 30.4 Å². The summed E-state index contributed by atoms with van der Waals surface area (Å²) in [6, 6.07) is 6.15. The molecule has 1 fully saturated rings. The zero-order valence-electron chi connectivity index (χ0n) is 12.7. The van der Waals surface area contributed by atoms with Crippen molar-refractivity contribution in [2.75, 3.05) is 25.3 Å². The Morgan fingerprint density at radius 2 is 1.68 bits per heavy atom. The first-order chi connectivity index (χ1) is 8.78. The molecule has 104 valence electrons. The fourth-order valence-electron chi connectivity index (χ4n) is 2.96. The van der Waals surface area contributed by atoms with Crippen LogP contribution in [0.3, 0.4) is 0 Å². The molecule has 1 aliphatic rings. The molecule has 0 saturated heterocycles. The lowest BCUT2D eigenvalue weighted by molar-refractivity contribution is -0.120. The molecule has 0 radical (unpaired) electrons. The van der Waals surface area contributed by atoms with E-state index in [4.69, 9.17) is 0 Å². The van der Waals surface area contributed by atoms with E-state index in [1.807, 2.05) is 6.07 Å². The summed E-state index contributed by atoms with van der Waals surface area (Å²) in [6.07, 6.45) is 3.31. The second-order valence-electron chi connectivity index (χ2n) is 6.62. The van der Waals surface area contributed by atoms with Gasteiger partial charge in [-0.25, -0.2) is 0 Å². The van der Waals surface area contributed by atoms with E-state index in [2.05, 4.69) is 51.3 Å². The number of hydrogen-bond acceptors (Lipinski definition) is 1. The first-order valence-corrected chi connectivity index (χ1v) is 10.1. The normalized spacial score (nSPS) is 17.7. The lowest BCUT2D eigenvalue weighted by Gasteiger charge is -2.44. The van der Waals surface area contributed by atoms with E-state index in [1.165, 1.54) is 6.42 Å². The minimum atomic E-state index is -1.19. The molecule has 0 unspecified atom stereocenters. The maximum Gasteiger partial charge on any atom is 0.268 e. The van der Waals surface area contributed by atoms with Gasteiger partial charge in [-0.15, -0.1) is 0 Å². The molecule has 0 bridgehead atoms. The third kappa shape index (κ3) is 2.43. The van der Waals surface area contributed by atoms with E-state index >= 15 is 0 Å². The predicted molar refractivity (Wildman–Crippen MR) is 85.8 cm³/mol. The van der Waals surface area contributed by atoms with Crippen molar-refractivity contribution in [2.45, 2.75) is 38.3 Å². The van der Waals surface area contributed by atoms with Crippen LogP contribution in [0.15, 0.2) is 18.2 Å². The average Bonchev–Trinajstić information content (AvgIpc) is 2.19. The average molecular weight is 278 g/mol. The van der Waals surface area contributed by atoms with E-state index in [1.54, 1.807) is 0 Å². The van der Waals surface area contributed by atoms with Gasteiger partial charge in [-0.1, -0.05) is 18.2 Å². The summed E-state index contributed by atoms with van der Waals surface area (Å²) < 4.78 is 0. The number of anilines is 1. The standard InChI is InChI=1S/C16H24NOP/c1-12-8-6-9-13(2)14(12)17-15(18)16(10-7-11-16)19(3,4)5/h6,8-9H,7,10-11H2,1-5H3/p+1. The van der Waals surface area contributed by atoms with Crippen LogP contribution in [0.4, 0.5) is 5.69 Å². The van der Waals surface area contributed by atoms with Gasteiger partial charge in [0.15, 0.2) is 5.16 Å². The predicted octanol–water partition coefficient (Wildman–Crippen LogP) is 4.07. The third-order valence-corrected chi connectivity index (χ3v) is 7.83. The van der Waals surface area contributed by atoms with Crippen molar-refractivity contribution in [2.24, 2.45) is 0 Å². The number of carbonyl (C=O) groups is 1. The largest absolute Gasteiger partial charge is 0.322 e. The van der Waals surface area contributed by atoms with Crippen molar-refractivity contribution in [3.05, 3.63) is 29.3 Å². The summed E-state index contributed by atoms with van der Waals surface area (Å²) in [7, 11) is -1.19. The zero-order chi connectivity index (χ0) is 14.3. The molecule has 0 aromatic heterocycles. The van der Waals surface area contributed by atoms with E-state index < -0.39 is 7.26 Å². The van der Waals surface area contributed by atoms with Crippen molar-refractivity contribution in [1.82, 2.24) is 0 Å². The molecule has 2 nitrogen and oxygen atoms in total. The number of amides is 1. The van der Waals surface area contributed by atoms with Gasteiger partial charge in [-0.05, 0) is 44.2 Å². The monoisotopic (exact) mass is 278 g/mol. The Morgan fingerprint density at radius 1 is 1.16 bits per heavy atom. The molecular formula is C16H25NOP+. The molecule has 3 heteroatoms.